The smallest absolute Gasteiger partial charge is 0.128 e. The van der Waals surface area contributed by atoms with E-state index >= 15 is 0 Å². The molecule has 0 saturated carbocycles. The van der Waals surface area contributed by atoms with Crippen molar-refractivity contribution in [2.24, 2.45) is 0 Å². The summed E-state index contributed by atoms with van der Waals surface area (Å²) in [6.45, 7) is 3.23. The Morgan fingerprint density at radius 1 is 1.45 bits per heavy atom. The second kappa shape index (κ2) is 3.96. The zero-order valence-corrected chi connectivity index (χ0v) is 7.12. The first-order chi connectivity index (χ1) is 5.34. The monoisotopic (exact) mass is 150 g/mol. The fourth-order valence-electron chi connectivity index (χ4n) is 1.03. The summed E-state index contributed by atoms with van der Waals surface area (Å²) in [6.07, 6.45) is 2.98. The lowest BCUT2D eigenvalue weighted by Crippen LogP contribution is -2.18. The molecule has 0 saturated heterocycles. The van der Waals surface area contributed by atoms with Gasteiger partial charge in [-0.25, -0.2) is 4.98 Å². The van der Waals surface area contributed by atoms with Gasteiger partial charge in [0.1, 0.15) is 5.82 Å². The van der Waals surface area contributed by atoms with Gasteiger partial charge in [-0.3, -0.25) is 0 Å². The minimum atomic E-state index is 1.05. The number of pyridine rings is 1. The molecule has 2 nitrogen and oxygen atoms in total. The Morgan fingerprint density at radius 2 is 2.27 bits per heavy atom. The molecule has 0 spiro atoms. The maximum atomic E-state index is 4.22. The topological polar surface area (TPSA) is 16.1 Å². The molecule has 0 aliphatic rings. The molecule has 1 aromatic rings. The molecule has 0 unspecified atom stereocenters. The fraction of sp³-hybridized carbons (Fsp3) is 0.444. The van der Waals surface area contributed by atoms with Gasteiger partial charge in [-0.1, -0.05) is 13.0 Å². The predicted molar refractivity (Wildman–Crippen MR) is 47.8 cm³/mol. The van der Waals surface area contributed by atoms with Crippen LogP contribution in [0.2, 0.25) is 0 Å². The molecule has 0 radical (unpaired) electrons. The van der Waals surface area contributed by atoms with Gasteiger partial charge < -0.3 is 4.90 Å². The molecule has 0 fully saturated rings. The molecule has 0 amide bonds. The normalized spacial score (nSPS) is 9.64. The third kappa shape index (κ3) is 2.22. The van der Waals surface area contributed by atoms with Crippen LogP contribution in [-0.4, -0.2) is 18.6 Å². The number of anilines is 1. The summed E-state index contributed by atoms with van der Waals surface area (Å²) in [5.74, 6) is 1.05. The quantitative estimate of drug-likeness (QED) is 0.654. The van der Waals surface area contributed by atoms with Crippen molar-refractivity contribution in [3.63, 3.8) is 0 Å². The number of aromatic nitrogens is 1. The molecule has 0 N–H and O–H groups in total. The molecule has 0 atom stereocenters. The number of hydrogen-bond donors (Lipinski definition) is 0. The van der Waals surface area contributed by atoms with E-state index in [1.165, 1.54) is 0 Å². The van der Waals surface area contributed by atoms with Crippen molar-refractivity contribution >= 4 is 5.82 Å². The van der Waals surface area contributed by atoms with Crippen molar-refractivity contribution in [2.75, 3.05) is 18.5 Å². The van der Waals surface area contributed by atoms with Gasteiger partial charge in [0.25, 0.3) is 0 Å². The maximum absolute atomic E-state index is 4.22. The van der Waals surface area contributed by atoms with Crippen LogP contribution in [0, 0.1) is 0 Å². The van der Waals surface area contributed by atoms with Crippen molar-refractivity contribution < 1.29 is 0 Å². The second-order valence-corrected chi connectivity index (χ2v) is 2.61. The van der Waals surface area contributed by atoms with Crippen molar-refractivity contribution in [3.8, 4) is 0 Å². The van der Waals surface area contributed by atoms with Crippen LogP contribution < -0.4 is 4.90 Å². The summed E-state index contributed by atoms with van der Waals surface area (Å²) >= 11 is 0. The lowest BCUT2D eigenvalue weighted by molar-refractivity contribution is 0.838. The summed E-state index contributed by atoms with van der Waals surface area (Å²) in [5, 5.41) is 0. The Kier molecular flexibility index (Phi) is 2.90. The zero-order chi connectivity index (χ0) is 8.10. The fourth-order valence-corrected chi connectivity index (χ4v) is 1.03. The molecule has 0 aliphatic carbocycles. The van der Waals surface area contributed by atoms with Crippen LogP contribution in [-0.2, 0) is 0 Å². The maximum Gasteiger partial charge on any atom is 0.128 e. The Balaban J connectivity index is 2.61. The number of nitrogens with zero attached hydrogens (tertiary/aromatic N) is 2. The van der Waals surface area contributed by atoms with Gasteiger partial charge in [-0.2, -0.15) is 0 Å². The molecule has 0 aliphatic heterocycles. The SMILES string of the molecule is CCCN(C)c1ccccn1. The number of hydrogen-bond acceptors (Lipinski definition) is 2. The van der Waals surface area contributed by atoms with Gasteiger partial charge in [0.05, 0.1) is 0 Å². The zero-order valence-electron chi connectivity index (χ0n) is 7.12. The lowest BCUT2D eigenvalue weighted by Gasteiger charge is -2.15. The molecule has 0 aromatic carbocycles. The van der Waals surface area contributed by atoms with E-state index in [4.69, 9.17) is 0 Å². The molecule has 0 bridgehead atoms. The minimum absolute atomic E-state index is 1.05. The van der Waals surface area contributed by atoms with Crippen LogP contribution >= 0.6 is 0 Å². The van der Waals surface area contributed by atoms with Crippen molar-refractivity contribution in [1.82, 2.24) is 4.98 Å². The molecule has 2 heteroatoms. The molecule has 1 rings (SSSR count). The van der Waals surface area contributed by atoms with E-state index in [1.807, 2.05) is 24.4 Å². The van der Waals surface area contributed by atoms with E-state index in [1.54, 1.807) is 0 Å². The summed E-state index contributed by atoms with van der Waals surface area (Å²) in [5.41, 5.74) is 0. The van der Waals surface area contributed by atoms with Crippen molar-refractivity contribution in [3.05, 3.63) is 24.4 Å². The molecule has 60 valence electrons. The first kappa shape index (κ1) is 8.05. The van der Waals surface area contributed by atoms with Crippen LogP contribution in [0.1, 0.15) is 13.3 Å². The van der Waals surface area contributed by atoms with Crippen LogP contribution in [0.3, 0.4) is 0 Å². The highest BCUT2D eigenvalue weighted by Crippen LogP contribution is 2.05. The third-order valence-corrected chi connectivity index (χ3v) is 1.60. The van der Waals surface area contributed by atoms with E-state index in [0.717, 1.165) is 18.8 Å². The minimum Gasteiger partial charge on any atom is -0.360 e. The van der Waals surface area contributed by atoms with E-state index in [-0.39, 0.29) is 0 Å². The summed E-state index contributed by atoms with van der Waals surface area (Å²) < 4.78 is 0. The van der Waals surface area contributed by atoms with Crippen molar-refractivity contribution in [1.29, 1.82) is 0 Å². The van der Waals surface area contributed by atoms with Crippen LogP contribution in [0.5, 0.6) is 0 Å². The van der Waals surface area contributed by atoms with Gasteiger partial charge in [-0.15, -0.1) is 0 Å². The molecular weight excluding hydrogens is 136 g/mol. The molecule has 11 heavy (non-hydrogen) atoms. The average Bonchev–Trinajstić information content (AvgIpc) is 2.07. The first-order valence-corrected chi connectivity index (χ1v) is 3.96. The summed E-state index contributed by atoms with van der Waals surface area (Å²) in [4.78, 5) is 6.38. The van der Waals surface area contributed by atoms with Gasteiger partial charge >= 0.3 is 0 Å². The highest BCUT2D eigenvalue weighted by atomic mass is 15.1. The Labute approximate surface area is 67.9 Å². The van der Waals surface area contributed by atoms with Gasteiger partial charge in [0, 0.05) is 19.8 Å². The van der Waals surface area contributed by atoms with Crippen LogP contribution in [0.15, 0.2) is 24.4 Å². The van der Waals surface area contributed by atoms with E-state index in [2.05, 4.69) is 23.9 Å². The molecule has 1 aromatic heterocycles. The molecular formula is C9H14N2. The standard InChI is InChI=1S/C9H14N2/c1-3-8-11(2)9-6-4-5-7-10-9/h4-7H,3,8H2,1-2H3. The van der Waals surface area contributed by atoms with Gasteiger partial charge in [-0.05, 0) is 18.6 Å². The summed E-state index contributed by atoms with van der Waals surface area (Å²) in [6, 6.07) is 5.97. The van der Waals surface area contributed by atoms with Gasteiger partial charge in [0.15, 0.2) is 0 Å². The van der Waals surface area contributed by atoms with E-state index < -0.39 is 0 Å². The average molecular weight is 150 g/mol. The Bertz CT molecular complexity index is 196. The number of rotatable bonds is 3. The Morgan fingerprint density at radius 3 is 2.82 bits per heavy atom. The second-order valence-electron chi connectivity index (χ2n) is 2.61. The largest absolute Gasteiger partial charge is 0.360 e. The van der Waals surface area contributed by atoms with E-state index in [9.17, 15) is 0 Å². The first-order valence-electron chi connectivity index (χ1n) is 3.96. The van der Waals surface area contributed by atoms with Crippen LogP contribution in [0.4, 0.5) is 5.82 Å². The van der Waals surface area contributed by atoms with Crippen molar-refractivity contribution in [2.45, 2.75) is 13.3 Å². The summed E-state index contributed by atoms with van der Waals surface area (Å²) in [7, 11) is 2.06. The molecule has 1 heterocycles. The van der Waals surface area contributed by atoms with E-state index in [0.29, 0.717) is 0 Å². The van der Waals surface area contributed by atoms with Crippen LogP contribution in [0.25, 0.3) is 0 Å². The highest BCUT2D eigenvalue weighted by molar-refractivity contribution is 5.35. The third-order valence-electron chi connectivity index (χ3n) is 1.60. The lowest BCUT2D eigenvalue weighted by atomic mass is 10.4. The predicted octanol–water partition coefficient (Wildman–Crippen LogP) is 1.93. The highest BCUT2D eigenvalue weighted by Gasteiger charge is 1.96. The Hall–Kier alpha value is -1.05. The van der Waals surface area contributed by atoms with Gasteiger partial charge in [0.2, 0.25) is 0 Å².